The van der Waals surface area contributed by atoms with Crippen LogP contribution in [0.2, 0.25) is 0 Å². The summed E-state index contributed by atoms with van der Waals surface area (Å²) >= 11 is 0. The number of allylic oxidation sites excluding steroid dienone is 1. The first kappa shape index (κ1) is 24.7. The number of nitrogens with zero attached hydrogens (tertiary/aromatic N) is 5. The number of imidazole rings is 1. The second-order valence-electron chi connectivity index (χ2n) is 8.86. The highest BCUT2D eigenvalue weighted by Gasteiger charge is 2.31. The van der Waals surface area contributed by atoms with Crippen LogP contribution in [0, 0.1) is 6.92 Å². The van der Waals surface area contributed by atoms with E-state index in [9.17, 15) is 13.2 Å². The molecule has 1 aliphatic heterocycles. The molecule has 3 aromatic rings. The van der Waals surface area contributed by atoms with Crippen LogP contribution in [0.15, 0.2) is 73.2 Å². The Balaban J connectivity index is 1.38. The fourth-order valence-corrected chi connectivity index (χ4v) is 4.50. The minimum atomic E-state index is -4.38. The number of pyridine rings is 1. The number of hydrogen-bond acceptors (Lipinski definition) is 4. The highest BCUT2D eigenvalue weighted by molar-refractivity contribution is 5.78. The molecule has 0 saturated carbocycles. The highest BCUT2D eigenvalue weighted by atomic mass is 19.4. The van der Waals surface area contributed by atoms with Crippen molar-refractivity contribution in [2.45, 2.75) is 33.0 Å². The van der Waals surface area contributed by atoms with E-state index in [1.54, 1.807) is 6.20 Å². The molecular formula is C27H30F3N5. The summed E-state index contributed by atoms with van der Waals surface area (Å²) in [6.45, 7) is 13.5. The van der Waals surface area contributed by atoms with E-state index in [0.717, 1.165) is 60.1 Å². The van der Waals surface area contributed by atoms with Crippen molar-refractivity contribution in [1.82, 2.24) is 19.4 Å². The fourth-order valence-electron chi connectivity index (χ4n) is 4.50. The van der Waals surface area contributed by atoms with E-state index in [1.807, 2.05) is 24.6 Å². The van der Waals surface area contributed by atoms with Crippen molar-refractivity contribution in [3.8, 4) is 5.69 Å². The number of alkyl halides is 3. The van der Waals surface area contributed by atoms with Gasteiger partial charge in [-0.05, 0) is 61.7 Å². The Morgan fingerprint density at radius 2 is 1.86 bits per heavy atom. The molecular weight excluding hydrogens is 451 g/mol. The lowest BCUT2D eigenvalue weighted by Crippen LogP contribution is -2.52. The molecule has 184 valence electrons. The fraction of sp³-hybridized carbons (Fsp3) is 0.333. The zero-order valence-electron chi connectivity index (χ0n) is 20.3. The Kier molecular flexibility index (Phi) is 7.12. The summed E-state index contributed by atoms with van der Waals surface area (Å²) in [6.07, 6.45) is 2.37. The predicted molar refractivity (Wildman–Crippen MR) is 134 cm³/mol. The number of hydrogen-bond donors (Lipinski definition) is 0. The van der Waals surface area contributed by atoms with Crippen LogP contribution in [0.4, 0.5) is 19.0 Å². The normalized spacial score (nSPS) is 17.6. The molecule has 35 heavy (non-hydrogen) atoms. The third-order valence-corrected chi connectivity index (χ3v) is 6.53. The molecule has 0 N–H and O–H groups in total. The van der Waals surface area contributed by atoms with Crippen LogP contribution >= 0.6 is 0 Å². The van der Waals surface area contributed by atoms with E-state index in [0.29, 0.717) is 12.4 Å². The smallest absolute Gasteiger partial charge is 0.351 e. The van der Waals surface area contributed by atoms with Crippen molar-refractivity contribution >= 4 is 11.4 Å². The van der Waals surface area contributed by atoms with Crippen molar-refractivity contribution in [3.63, 3.8) is 0 Å². The summed E-state index contributed by atoms with van der Waals surface area (Å²) in [5, 5.41) is 0. The molecule has 2 aromatic heterocycles. The second kappa shape index (κ2) is 10.1. The summed E-state index contributed by atoms with van der Waals surface area (Å²) in [4.78, 5) is 12.8. The lowest BCUT2D eigenvalue weighted by atomic mass is 9.98. The SMILES string of the molecule is C=C(/C(=C\C)CN1CCN(c2ccc(C(F)(F)F)cn2)[C@H](C)C1)c1ccc(-n2ccnc2C)cc1. The van der Waals surface area contributed by atoms with Crippen molar-refractivity contribution in [2.75, 3.05) is 31.1 Å². The van der Waals surface area contributed by atoms with Gasteiger partial charge in [-0.2, -0.15) is 13.2 Å². The van der Waals surface area contributed by atoms with Gasteiger partial charge in [0.25, 0.3) is 0 Å². The Morgan fingerprint density at radius 3 is 2.40 bits per heavy atom. The molecule has 4 rings (SSSR count). The monoisotopic (exact) mass is 481 g/mol. The molecule has 0 bridgehead atoms. The third-order valence-electron chi connectivity index (χ3n) is 6.53. The number of anilines is 1. The molecule has 0 unspecified atom stereocenters. The number of piperazine rings is 1. The Hall–Kier alpha value is -3.39. The molecule has 0 amide bonds. The minimum absolute atomic E-state index is 0.122. The Labute approximate surface area is 204 Å². The first-order valence-electron chi connectivity index (χ1n) is 11.6. The van der Waals surface area contributed by atoms with Gasteiger partial charge >= 0.3 is 6.18 Å². The molecule has 1 fully saturated rings. The van der Waals surface area contributed by atoms with Crippen LogP contribution in [0.3, 0.4) is 0 Å². The standard InChI is InChI=1S/C27H30F3N5/c1-5-22(20(3)23-6-9-25(10-7-23)35-13-12-31-21(35)4)18-33-14-15-34(19(2)17-33)26-11-8-24(16-32-26)27(28,29)30/h5-13,16,19H,3,14-15,17-18H2,1-2,4H3/b22-5-/t19-/m1/s1. The lowest BCUT2D eigenvalue weighted by molar-refractivity contribution is -0.137. The Bertz CT molecular complexity index is 1190. The van der Waals surface area contributed by atoms with Crippen LogP contribution in [0.1, 0.15) is 30.8 Å². The molecule has 0 aliphatic carbocycles. The number of rotatable bonds is 6. The van der Waals surface area contributed by atoms with Gasteiger partial charge in [0.05, 0.1) is 5.56 Å². The molecule has 8 heteroatoms. The van der Waals surface area contributed by atoms with Crippen LogP contribution in [0.25, 0.3) is 11.3 Å². The van der Waals surface area contributed by atoms with Crippen LogP contribution < -0.4 is 4.90 Å². The topological polar surface area (TPSA) is 37.2 Å². The summed E-state index contributed by atoms with van der Waals surface area (Å²) in [5.41, 5.74) is 3.54. The van der Waals surface area contributed by atoms with Gasteiger partial charge in [-0.3, -0.25) is 4.90 Å². The average molecular weight is 482 g/mol. The minimum Gasteiger partial charge on any atom is -0.351 e. The van der Waals surface area contributed by atoms with Gasteiger partial charge in [0.15, 0.2) is 0 Å². The van der Waals surface area contributed by atoms with Crippen LogP contribution in [-0.2, 0) is 6.18 Å². The van der Waals surface area contributed by atoms with E-state index in [1.165, 1.54) is 6.07 Å². The molecule has 1 aliphatic rings. The predicted octanol–water partition coefficient (Wildman–Crippen LogP) is 5.76. The summed E-state index contributed by atoms with van der Waals surface area (Å²) < 4.78 is 40.6. The van der Waals surface area contributed by atoms with Crippen molar-refractivity contribution in [1.29, 1.82) is 0 Å². The van der Waals surface area contributed by atoms with Crippen molar-refractivity contribution in [3.05, 3.63) is 90.2 Å². The first-order chi connectivity index (χ1) is 16.7. The third kappa shape index (κ3) is 5.48. The van der Waals surface area contributed by atoms with Crippen molar-refractivity contribution in [2.24, 2.45) is 0 Å². The largest absolute Gasteiger partial charge is 0.417 e. The quantitative estimate of drug-likeness (QED) is 0.419. The van der Waals surface area contributed by atoms with E-state index in [4.69, 9.17) is 0 Å². The van der Waals surface area contributed by atoms with Gasteiger partial charge in [0.2, 0.25) is 0 Å². The molecule has 0 radical (unpaired) electrons. The average Bonchev–Trinajstić information content (AvgIpc) is 3.27. The molecule has 3 heterocycles. The van der Waals surface area contributed by atoms with Gasteiger partial charge in [-0.15, -0.1) is 0 Å². The Morgan fingerprint density at radius 1 is 1.11 bits per heavy atom. The van der Waals surface area contributed by atoms with Gasteiger partial charge in [0.1, 0.15) is 11.6 Å². The highest BCUT2D eigenvalue weighted by Crippen LogP contribution is 2.30. The van der Waals surface area contributed by atoms with Gasteiger partial charge in [0, 0.05) is 56.5 Å². The summed E-state index contributed by atoms with van der Waals surface area (Å²) in [6, 6.07) is 11.0. The van der Waals surface area contributed by atoms with Crippen molar-refractivity contribution < 1.29 is 13.2 Å². The number of benzene rings is 1. The van der Waals surface area contributed by atoms with Gasteiger partial charge in [-0.1, -0.05) is 24.8 Å². The molecule has 1 aromatic carbocycles. The molecule has 0 spiro atoms. The number of aromatic nitrogens is 3. The maximum Gasteiger partial charge on any atom is 0.417 e. The number of halogens is 3. The molecule has 1 saturated heterocycles. The van der Waals surface area contributed by atoms with Crippen LogP contribution in [-0.4, -0.2) is 51.7 Å². The summed E-state index contributed by atoms with van der Waals surface area (Å²) in [7, 11) is 0. The summed E-state index contributed by atoms with van der Waals surface area (Å²) in [5.74, 6) is 1.51. The van der Waals surface area contributed by atoms with Gasteiger partial charge < -0.3 is 9.47 Å². The maximum atomic E-state index is 12.9. The first-order valence-corrected chi connectivity index (χ1v) is 11.6. The van der Waals surface area contributed by atoms with Crippen LogP contribution in [0.5, 0.6) is 0 Å². The number of aryl methyl sites for hydroxylation is 1. The lowest BCUT2D eigenvalue weighted by Gasteiger charge is -2.41. The molecule has 1 atom stereocenters. The zero-order chi connectivity index (χ0) is 25.2. The van der Waals surface area contributed by atoms with Gasteiger partial charge in [-0.25, -0.2) is 9.97 Å². The van der Waals surface area contributed by atoms with E-state index in [2.05, 4.69) is 63.6 Å². The van der Waals surface area contributed by atoms with E-state index < -0.39 is 11.7 Å². The second-order valence-corrected chi connectivity index (χ2v) is 8.86. The van der Waals surface area contributed by atoms with E-state index in [-0.39, 0.29) is 6.04 Å². The zero-order valence-corrected chi connectivity index (χ0v) is 20.3. The maximum absolute atomic E-state index is 12.9. The molecule has 5 nitrogen and oxygen atoms in total. The van der Waals surface area contributed by atoms with E-state index >= 15 is 0 Å².